The average Bonchev–Trinajstić information content (AvgIpc) is 2.40. The molecule has 1 saturated heterocycles. The van der Waals surface area contributed by atoms with Crippen LogP contribution in [0.3, 0.4) is 0 Å². The quantitative estimate of drug-likeness (QED) is 0.809. The molecule has 1 fully saturated rings. The molecule has 1 aromatic carbocycles. The molecule has 3 N–H and O–H groups in total. The van der Waals surface area contributed by atoms with E-state index in [0.717, 1.165) is 25.9 Å². The maximum absolute atomic E-state index is 12.1. The number of carbonyl (C=O) groups is 1. The Morgan fingerprint density at radius 1 is 1.26 bits per heavy atom. The fraction of sp³-hybridized carbons (Fsp3) is 0.533. The van der Waals surface area contributed by atoms with Crippen molar-refractivity contribution in [2.45, 2.75) is 32.3 Å². The second-order valence-corrected chi connectivity index (χ2v) is 5.68. The van der Waals surface area contributed by atoms with Gasteiger partial charge in [-0.2, -0.15) is 0 Å². The van der Waals surface area contributed by atoms with Crippen molar-refractivity contribution in [3.63, 3.8) is 0 Å². The van der Waals surface area contributed by atoms with E-state index in [2.05, 4.69) is 5.32 Å². The van der Waals surface area contributed by atoms with Gasteiger partial charge in [0.15, 0.2) is 0 Å². The maximum atomic E-state index is 12.1. The van der Waals surface area contributed by atoms with E-state index in [1.165, 1.54) is 12.1 Å². The molecular formula is C15H22NO3+. The molecule has 4 heteroatoms. The van der Waals surface area contributed by atoms with Crippen molar-refractivity contribution in [2.24, 2.45) is 5.92 Å². The van der Waals surface area contributed by atoms with E-state index in [1.54, 1.807) is 12.1 Å². The largest absolute Gasteiger partial charge is 0.508 e. The lowest BCUT2D eigenvalue weighted by atomic mass is 9.83. The highest BCUT2D eigenvalue weighted by atomic mass is 16.6. The van der Waals surface area contributed by atoms with Crippen molar-refractivity contribution in [3.8, 4) is 5.75 Å². The van der Waals surface area contributed by atoms with Crippen molar-refractivity contribution in [2.75, 3.05) is 13.1 Å². The minimum absolute atomic E-state index is 0.152. The van der Waals surface area contributed by atoms with E-state index in [9.17, 15) is 9.90 Å². The summed E-state index contributed by atoms with van der Waals surface area (Å²) in [6, 6.07) is 6.17. The van der Waals surface area contributed by atoms with Crippen LogP contribution in [0.4, 0.5) is 0 Å². The predicted octanol–water partition coefficient (Wildman–Crippen LogP) is 1.30. The number of rotatable bonds is 3. The van der Waals surface area contributed by atoms with Gasteiger partial charge in [-0.15, -0.1) is 0 Å². The van der Waals surface area contributed by atoms with Crippen LogP contribution >= 0.6 is 0 Å². The minimum Gasteiger partial charge on any atom is -0.508 e. The fourth-order valence-corrected chi connectivity index (χ4v) is 2.60. The van der Waals surface area contributed by atoms with Crippen LogP contribution in [0, 0.1) is 5.92 Å². The predicted molar refractivity (Wildman–Crippen MR) is 72.0 cm³/mol. The third-order valence-corrected chi connectivity index (χ3v) is 3.88. The number of hydrogen-bond acceptors (Lipinski definition) is 3. The zero-order valence-electron chi connectivity index (χ0n) is 11.6. The number of esters is 1. The van der Waals surface area contributed by atoms with Crippen molar-refractivity contribution in [1.29, 1.82) is 0 Å². The number of ether oxygens (including phenoxy) is 1. The lowest BCUT2D eigenvalue weighted by Gasteiger charge is -2.35. The van der Waals surface area contributed by atoms with Crippen LogP contribution in [0.5, 0.6) is 5.75 Å². The topological polar surface area (TPSA) is 63.1 Å². The molecule has 1 aliphatic rings. The van der Waals surface area contributed by atoms with Gasteiger partial charge in [-0.3, -0.25) is 0 Å². The smallest absolute Gasteiger partial charge is 0.338 e. The summed E-state index contributed by atoms with van der Waals surface area (Å²) >= 11 is 0. The summed E-state index contributed by atoms with van der Waals surface area (Å²) in [5.74, 6) is 0.247. The Hall–Kier alpha value is -1.55. The molecule has 0 radical (unpaired) electrons. The summed E-state index contributed by atoms with van der Waals surface area (Å²) in [4.78, 5) is 12.1. The van der Waals surface area contributed by atoms with Gasteiger partial charge >= 0.3 is 5.97 Å². The fourth-order valence-electron chi connectivity index (χ4n) is 2.60. The Balaban J connectivity index is 2.02. The van der Waals surface area contributed by atoms with E-state index < -0.39 is 5.60 Å². The van der Waals surface area contributed by atoms with Crippen molar-refractivity contribution in [1.82, 2.24) is 0 Å². The van der Waals surface area contributed by atoms with Gasteiger partial charge < -0.3 is 15.2 Å². The van der Waals surface area contributed by atoms with Crippen LogP contribution in [0.25, 0.3) is 0 Å². The molecule has 0 aromatic heterocycles. The Bertz CT molecular complexity index is 433. The average molecular weight is 264 g/mol. The van der Waals surface area contributed by atoms with E-state index in [0.29, 0.717) is 11.5 Å². The molecule has 19 heavy (non-hydrogen) atoms. The molecule has 0 aliphatic carbocycles. The van der Waals surface area contributed by atoms with Crippen molar-refractivity contribution in [3.05, 3.63) is 29.8 Å². The van der Waals surface area contributed by atoms with E-state index in [1.807, 2.05) is 13.8 Å². The summed E-state index contributed by atoms with van der Waals surface area (Å²) in [5, 5.41) is 11.5. The van der Waals surface area contributed by atoms with Gasteiger partial charge in [-0.1, -0.05) is 0 Å². The lowest BCUT2D eigenvalue weighted by molar-refractivity contribution is -0.665. The van der Waals surface area contributed by atoms with Crippen LogP contribution in [-0.4, -0.2) is 29.8 Å². The second kappa shape index (κ2) is 5.61. The van der Waals surface area contributed by atoms with Crippen LogP contribution in [0.2, 0.25) is 0 Å². The van der Waals surface area contributed by atoms with E-state index in [-0.39, 0.29) is 11.7 Å². The van der Waals surface area contributed by atoms with E-state index in [4.69, 9.17) is 4.74 Å². The van der Waals surface area contributed by atoms with Crippen molar-refractivity contribution < 1.29 is 20.0 Å². The summed E-state index contributed by atoms with van der Waals surface area (Å²) in [6.45, 7) is 6.18. The van der Waals surface area contributed by atoms with Gasteiger partial charge in [0.05, 0.1) is 18.7 Å². The first-order valence-corrected chi connectivity index (χ1v) is 6.83. The molecule has 0 amide bonds. The van der Waals surface area contributed by atoms with Gasteiger partial charge in [0.2, 0.25) is 0 Å². The SMILES string of the molecule is CC(C)(OC(=O)c1ccc(O)cc1)C1CC[NH2+]CC1. The van der Waals surface area contributed by atoms with Gasteiger partial charge in [0, 0.05) is 18.8 Å². The molecule has 0 spiro atoms. The number of aromatic hydroxyl groups is 1. The highest BCUT2D eigenvalue weighted by Gasteiger charge is 2.35. The summed E-state index contributed by atoms with van der Waals surface area (Å²) in [7, 11) is 0. The first kappa shape index (κ1) is 13.9. The molecule has 4 nitrogen and oxygen atoms in total. The van der Waals surface area contributed by atoms with Gasteiger partial charge in [0.1, 0.15) is 11.4 Å². The molecule has 0 saturated carbocycles. The molecule has 0 unspecified atom stereocenters. The first-order chi connectivity index (χ1) is 8.99. The number of phenolic OH excluding ortho intramolecular Hbond substituents is 1. The molecular weight excluding hydrogens is 242 g/mol. The van der Waals surface area contributed by atoms with Crippen LogP contribution in [-0.2, 0) is 4.74 Å². The molecule has 0 atom stereocenters. The summed E-state index contributed by atoms with van der Waals surface area (Å²) in [6.07, 6.45) is 2.16. The molecule has 0 bridgehead atoms. The van der Waals surface area contributed by atoms with Crippen molar-refractivity contribution >= 4 is 5.97 Å². The maximum Gasteiger partial charge on any atom is 0.338 e. The molecule has 2 rings (SSSR count). The molecule has 1 heterocycles. The third-order valence-electron chi connectivity index (χ3n) is 3.88. The van der Waals surface area contributed by atoms with Gasteiger partial charge in [0.25, 0.3) is 0 Å². The molecule has 1 aliphatic heterocycles. The number of quaternary nitrogens is 1. The van der Waals surface area contributed by atoms with Crippen LogP contribution in [0.1, 0.15) is 37.0 Å². The normalized spacial score (nSPS) is 17.2. The monoisotopic (exact) mass is 264 g/mol. The molecule has 104 valence electrons. The Morgan fingerprint density at radius 2 is 1.84 bits per heavy atom. The number of benzene rings is 1. The highest BCUT2D eigenvalue weighted by molar-refractivity contribution is 5.89. The van der Waals surface area contributed by atoms with Gasteiger partial charge in [-0.05, 0) is 38.1 Å². The number of piperidine rings is 1. The summed E-state index contributed by atoms with van der Waals surface area (Å²) < 4.78 is 5.67. The zero-order valence-corrected chi connectivity index (χ0v) is 11.6. The first-order valence-electron chi connectivity index (χ1n) is 6.83. The number of hydrogen-bond donors (Lipinski definition) is 2. The standard InChI is InChI=1S/C15H21NO3/c1-15(2,12-7-9-16-10-8-12)19-14(18)11-3-5-13(17)6-4-11/h3-6,12,16-17H,7-10H2,1-2H3/p+1. The lowest BCUT2D eigenvalue weighted by Crippen LogP contribution is -2.86. The summed E-state index contributed by atoms with van der Waals surface area (Å²) in [5.41, 5.74) is 0.0386. The minimum atomic E-state index is -0.441. The Kier molecular flexibility index (Phi) is 4.10. The van der Waals surface area contributed by atoms with Crippen LogP contribution in [0.15, 0.2) is 24.3 Å². The van der Waals surface area contributed by atoms with Gasteiger partial charge in [-0.25, -0.2) is 4.79 Å². The third kappa shape index (κ3) is 3.47. The number of nitrogens with two attached hydrogens (primary N) is 1. The Morgan fingerprint density at radius 3 is 2.42 bits per heavy atom. The second-order valence-electron chi connectivity index (χ2n) is 5.68. The number of phenols is 1. The molecule has 1 aromatic rings. The Labute approximate surface area is 113 Å². The highest BCUT2D eigenvalue weighted by Crippen LogP contribution is 2.28. The number of carbonyl (C=O) groups excluding carboxylic acids is 1. The zero-order chi connectivity index (χ0) is 13.9. The van der Waals surface area contributed by atoms with E-state index >= 15 is 0 Å². The van der Waals surface area contributed by atoms with Crippen LogP contribution < -0.4 is 5.32 Å².